The zero-order chi connectivity index (χ0) is 13.8. The van der Waals surface area contributed by atoms with Crippen molar-refractivity contribution in [2.75, 3.05) is 25.5 Å². The zero-order valence-corrected chi connectivity index (χ0v) is 10.6. The van der Waals surface area contributed by atoms with Gasteiger partial charge in [0.1, 0.15) is 5.75 Å². The van der Waals surface area contributed by atoms with Crippen LogP contribution in [0.15, 0.2) is 24.3 Å². The summed E-state index contributed by atoms with van der Waals surface area (Å²) in [4.78, 5) is 24.5. The first-order chi connectivity index (χ1) is 9.08. The molecular formula is C13H16N2O4. The van der Waals surface area contributed by atoms with Crippen molar-refractivity contribution in [1.29, 1.82) is 0 Å². The molecule has 0 bridgehead atoms. The van der Waals surface area contributed by atoms with Gasteiger partial charge < -0.3 is 20.1 Å². The lowest BCUT2D eigenvalue weighted by atomic mass is 10.3. The van der Waals surface area contributed by atoms with Gasteiger partial charge in [0.25, 0.3) is 0 Å². The minimum Gasteiger partial charge on any atom is -0.497 e. The lowest BCUT2D eigenvalue weighted by Gasteiger charge is -2.15. The molecular weight excluding hydrogens is 248 g/mol. The van der Waals surface area contributed by atoms with Crippen molar-refractivity contribution in [1.82, 2.24) is 4.90 Å². The number of likely N-dealkylation sites (tertiary alicyclic amines) is 1. The predicted molar refractivity (Wildman–Crippen MR) is 68.8 cm³/mol. The van der Waals surface area contributed by atoms with E-state index in [1.165, 1.54) is 4.90 Å². The average Bonchev–Trinajstić information content (AvgIpc) is 2.68. The fraction of sp³-hybridized carbons (Fsp3) is 0.385. The van der Waals surface area contributed by atoms with Gasteiger partial charge in [-0.25, -0.2) is 0 Å². The lowest BCUT2D eigenvalue weighted by molar-refractivity contribution is -0.131. The standard InChI is InChI=1S/C13H16N2O4/c1-19-11-4-2-9(3-5-11)14-12(17)8-15-7-10(16)6-13(15)18/h2-5,10,16H,6-8H2,1H3,(H,14,17). The molecule has 2 amide bonds. The minimum atomic E-state index is -0.665. The molecule has 1 unspecified atom stereocenters. The van der Waals surface area contributed by atoms with Crippen LogP contribution in [0.3, 0.4) is 0 Å². The van der Waals surface area contributed by atoms with Crippen LogP contribution in [0, 0.1) is 0 Å². The highest BCUT2D eigenvalue weighted by Crippen LogP contribution is 2.15. The van der Waals surface area contributed by atoms with Crippen LogP contribution in [-0.2, 0) is 9.59 Å². The van der Waals surface area contributed by atoms with Gasteiger partial charge in [-0.2, -0.15) is 0 Å². The molecule has 0 aliphatic carbocycles. The maximum absolute atomic E-state index is 11.8. The average molecular weight is 264 g/mol. The quantitative estimate of drug-likeness (QED) is 0.815. The van der Waals surface area contributed by atoms with Gasteiger partial charge in [0, 0.05) is 12.2 Å². The Kier molecular flexibility index (Phi) is 4.01. The molecule has 1 saturated heterocycles. The number of aliphatic hydroxyl groups is 1. The maximum atomic E-state index is 11.8. The number of β-amino-alcohol motifs (C(OH)–C–C–N with tert-alkyl or cyclic N) is 1. The number of carbonyl (C=O) groups excluding carboxylic acids is 2. The Hall–Kier alpha value is -2.08. The SMILES string of the molecule is COc1ccc(NC(=O)CN2CC(O)CC2=O)cc1. The lowest BCUT2D eigenvalue weighted by Crippen LogP contribution is -2.34. The van der Waals surface area contributed by atoms with E-state index in [4.69, 9.17) is 4.74 Å². The topological polar surface area (TPSA) is 78.9 Å². The third kappa shape index (κ3) is 3.45. The molecule has 1 aromatic rings. The number of ether oxygens (including phenoxy) is 1. The van der Waals surface area contributed by atoms with Crippen molar-refractivity contribution in [2.24, 2.45) is 0 Å². The van der Waals surface area contributed by atoms with E-state index in [0.29, 0.717) is 11.4 Å². The van der Waals surface area contributed by atoms with Gasteiger partial charge in [-0.3, -0.25) is 9.59 Å². The van der Waals surface area contributed by atoms with E-state index >= 15 is 0 Å². The molecule has 2 N–H and O–H groups in total. The largest absolute Gasteiger partial charge is 0.497 e. The third-order valence-electron chi connectivity index (χ3n) is 2.90. The molecule has 0 aromatic heterocycles. The van der Waals surface area contributed by atoms with E-state index in [1.807, 2.05) is 0 Å². The number of hydrogen-bond acceptors (Lipinski definition) is 4. The summed E-state index contributed by atoms with van der Waals surface area (Å²) >= 11 is 0. The second kappa shape index (κ2) is 5.71. The van der Waals surface area contributed by atoms with Crippen LogP contribution in [0.2, 0.25) is 0 Å². The third-order valence-corrected chi connectivity index (χ3v) is 2.90. The number of aliphatic hydroxyl groups excluding tert-OH is 1. The molecule has 6 heteroatoms. The van der Waals surface area contributed by atoms with Gasteiger partial charge in [-0.05, 0) is 24.3 Å². The molecule has 1 aliphatic rings. The molecule has 0 spiro atoms. The van der Waals surface area contributed by atoms with Gasteiger partial charge in [0.2, 0.25) is 11.8 Å². The number of carbonyl (C=O) groups is 2. The van der Waals surface area contributed by atoms with Crippen LogP contribution in [-0.4, -0.2) is 48.1 Å². The van der Waals surface area contributed by atoms with Gasteiger partial charge in [-0.15, -0.1) is 0 Å². The Morgan fingerprint density at radius 3 is 2.68 bits per heavy atom. The number of amides is 2. The Morgan fingerprint density at radius 2 is 2.16 bits per heavy atom. The van der Waals surface area contributed by atoms with Crippen LogP contribution in [0.4, 0.5) is 5.69 Å². The first-order valence-electron chi connectivity index (χ1n) is 5.98. The zero-order valence-electron chi connectivity index (χ0n) is 10.6. The van der Waals surface area contributed by atoms with Gasteiger partial charge in [0.15, 0.2) is 0 Å². The Morgan fingerprint density at radius 1 is 1.47 bits per heavy atom. The molecule has 19 heavy (non-hydrogen) atoms. The van der Waals surface area contributed by atoms with Gasteiger partial charge >= 0.3 is 0 Å². The predicted octanol–water partition coefficient (Wildman–Crippen LogP) is 0.227. The second-order valence-electron chi connectivity index (χ2n) is 4.41. The molecule has 2 rings (SSSR count). The van der Waals surface area contributed by atoms with Crippen molar-refractivity contribution >= 4 is 17.5 Å². The number of methoxy groups -OCH3 is 1. The van der Waals surface area contributed by atoms with E-state index in [1.54, 1.807) is 31.4 Å². The van der Waals surface area contributed by atoms with E-state index in [9.17, 15) is 14.7 Å². The molecule has 1 heterocycles. The molecule has 1 fully saturated rings. The summed E-state index contributed by atoms with van der Waals surface area (Å²) < 4.78 is 5.01. The van der Waals surface area contributed by atoms with Crippen LogP contribution in [0.25, 0.3) is 0 Å². The molecule has 0 saturated carbocycles. The number of nitrogens with one attached hydrogen (secondary N) is 1. The molecule has 1 aromatic carbocycles. The number of benzene rings is 1. The van der Waals surface area contributed by atoms with Crippen molar-refractivity contribution < 1.29 is 19.4 Å². The van der Waals surface area contributed by atoms with Gasteiger partial charge in [0.05, 0.1) is 26.2 Å². The van der Waals surface area contributed by atoms with Crippen molar-refractivity contribution in [3.63, 3.8) is 0 Å². The summed E-state index contributed by atoms with van der Waals surface area (Å²) in [6.07, 6.45) is -0.572. The van der Waals surface area contributed by atoms with E-state index in [2.05, 4.69) is 5.32 Å². The molecule has 6 nitrogen and oxygen atoms in total. The highest BCUT2D eigenvalue weighted by Gasteiger charge is 2.29. The number of anilines is 1. The summed E-state index contributed by atoms with van der Waals surface area (Å²) in [5, 5.41) is 12.0. The second-order valence-corrected chi connectivity index (χ2v) is 4.41. The summed E-state index contributed by atoms with van der Waals surface area (Å²) in [5.41, 5.74) is 0.637. The highest BCUT2D eigenvalue weighted by atomic mass is 16.5. The van der Waals surface area contributed by atoms with Crippen LogP contribution < -0.4 is 10.1 Å². The first kappa shape index (κ1) is 13.4. The molecule has 1 atom stereocenters. The monoisotopic (exact) mass is 264 g/mol. The van der Waals surface area contributed by atoms with E-state index < -0.39 is 6.10 Å². The Bertz CT molecular complexity index is 472. The maximum Gasteiger partial charge on any atom is 0.243 e. The Labute approximate surface area is 111 Å². The number of hydrogen-bond donors (Lipinski definition) is 2. The first-order valence-corrected chi connectivity index (χ1v) is 5.98. The van der Waals surface area contributed by atoms with Crippen LogP contribution >= 0.6 is 0 Å². The van der Waals surface area contributed by atoms with Crippen molar-refractivity contribution in [2.45, 2.75) is 12.5 Å². The summed E-state index contributed by atoms with van der Waals surface area (Å²) in [7, 11) is 1.57. The number of rotatable bonds is 4. The fourth-order valence-electron chi connectivity index (χ4n) is 1.95. The summed E-state index contributed by atoms with van der Waals surface area (Å²) in [6, 6.07) is 6.91. The number of nitrogens with zero attached hydrogens (tertiary/aromatic N) is 1. The fourth-order valence-corrected chi connectivity index (χ4v) is 1.95. The van der Waals surface area contributed by atoms with E-state index in [0.717, 1.165) is 0 Å². The van der Waals surface area contributed by atoms with Crippen LogP contribution in [0.1, 0.15) is 6.42 Å². The summed E-state index contributed by atoms with van der Waals surface area (Å²) in [5.74, 6) is 0.223. The molecule has 102 valence electrons. The summed E-state index contributed by atoms with van der Waals surface area (Å²) in [6.45, 7) is 0.177. The Balaban J connectivity index is 1.88. The van der Waals surface area contributed by atoms with Crippen molar-refractivity contribution in [3.8, 4) is 5.75 Å². The van der Waals surface area contributed by atoms with Crippen LogP contribution in [0.5, 0.6) is 5.75 Å². The molecule has 0 radical (unpaired) electrons. The van der Waals surface area contributed by atoms with Crippen molar-refractivity contribution in [3.05, 3.63) is 24.3 Å². The smallest absolute Gasteiger partial charge is 0.243 e. The highest BCUT2D eigenvalue weighted by molar-refractivity contribution is 5.95. The van der Waals surface area contributed by atoms with Gasteiger partial charge in [-0.1, -0.05) is 0 Å². The van der Waals surface area contributed by atoms with E-state index in [-0.39, 0.29) is 31.3 Å². The molecule has 1 aliphatic heterocycles. The normalized spacial score (nSPS) is 18.5. The minimum absolute atomic E-state index is 0.0398.